The summed E-state index contributed by atoms with van der Waals surface area (Å²) in [5, 5.41) is 3.01. The number of para-hydroxylation sites is 2. The number of benzene rings is 2. The van der Waals surface area contributed by atoms with E-state index < -0.39 is 0 Å². The van der Waals surface area contributed by atoms with Crippen LogP contribution in [0.25, 0.3) is 11.0 Å². The summed E-state index contributed by atoms with van der Waals surface area (Å²) in [6, 6.07) is 15.9. The van der Waals surface area contributed by atoms with Gasteiger partial charge in [0.2, 0.25) is 0 Å². The van der Waals surface area contributed by atoms with Crippen LogP contribution in [0.2, 0.25) is 0 Å². The summed E-state index contributed by atoms with van der Waals surface area (Å²) in [7, 11) is 0. The first-order valence-electron chi connectivity index (χ1n) is 11.1. The van der Waals surface area contributed by atoms with E-state index in [2.05, 4.69) is 36.5 Å². The highest BCUT2D eigenvalue weighted by atomic mass is 16.2. The molecule has 0 aliphatic carbocycles. The zero-order chi connectivity index (χ0) is 22.9. The normalized spacial score (nSPS) is 14.6. The summed E-state index contributed by atoms with van der Waals surface area (Å²) >= 11 is 0. The Hall–Kier alpha value is -3.35. The maximum atomic E-state index is 13.5. The Balaban J connectivity index is 1.61. The molecule has 1 fully saturated rings. The molecular weight excluding hydrogens is 402 g/mol. The summed E-state index contributed by atoms with van der Waals surface area (Å²) in [5.74, 6) is 0.451. The number of anilines is 1. The zero-order valence-corrected chi connectivity index (χ0v) is 19.3. The molecule has 0 spiro atoms. The van der Waals surface area contributed by atoms with Crippen molar-refractivity contribution in [2.75, 3.05) is 31.1 Å². The van der Waals surface area contributed by atoms with Crippen LogP contribution in [0, 0.1) is 6.92 Å². The Bertz CT molecular complexity index is 1170. The number of fused-ring (bicyclic) bond motifs is 1. The molecule has 0 bridgehead atoms. The predicted molar refractivity (Wildman–Crippen MR) is 128 cm³/mol. The van der Waals surface area contributed by atoms with Crippen molar-refractivity contribution in [3.05, 3.63) is 70.0 Å². The first kappa shape index (κ1) is 21.9. The molecule has 3 aromatic rings. The topological polar surface area (TPSA) is 70.5 Å². The highest BCUT2D eigenvalue weighted by molar-refractivity contribution is 5.77. The average Bonchev–Trinajstić information content (AvgIpc) is 2.76. The number of rotatable bonds is 3. The summed E-state index contributed by atoms with van der Waals surface area (Å²) in [6.07, 6.45) is 0. The molecule has 32 heavy (non-hydrogen) atoms. The van der Waals surface area contributed by atoms with E-state index in [0.29, 0.717) is 38.5 Å². The van der Waals surface area contributed by atoms with Crippen molar-refractivity contribution >= 4 is 22.9 Å². The minimum atomic E-state index is -0.280. The Morgan fingerprint density at radius 2 is 1.66 bits per heavy atom. The molecule has 168 valence electrons. The van der Waals surface area contributed by atoms with Gasteiger partial charge >= 0.3 is 6.03 Å². The number of piperazine rings is 1. The van der Waals surface area contributed by atoms with Gasteiger partial charge in [0.15, 0.2) is 5.82 Å². The van der Waals surface area contributed by atoms with Gasteiger partial charge in [0.05, 0.1) is 17.6 Å². The quantitative estimate of drug-likeness (QED) is 0.687. The molecule has 1 saturated heterocycles. The number of hydrogen-bond donors (Lipinski definition) is 1. The van der Waals surface area contributed by atoms with Gasteiger partial charge < -0.3 is 15.1 Å². The Kier molecular flexibility index (Phi) is 5.91. The molecule has 4 rings (SSSR count). The standard InChI is InChI=1S/C25H31N5O2/c1-18-9-11-19(12-10-18)17-30-21-8-6-5-7-20(21)26-22(23(30)31)28-13-15-29(16-14-28)24(32)27-25(2,3)4/h5-12H,13-17H2,1-4H3,(H,27,32). The lowest BCUT2D eigenvalue weighted by atomic mass is 10.1. The second kappa shape index (κ2) is 8.65. The van der Waals surface area contributed by atoms with Crippen molar-refractivity contribution in [2.24, 2.45) is 0 Å². The second-order valence-corrected chi connectivity index (χ2v) is 9.46. The molecule has 0 atom stereocenters. The van der Waals surface area contributed by atoms with Gasteiger partial charge in [0, 0.05) is 31.7 Å². The molecule has 0 saturated carbocycles. The van der Waals surface area contributed by atoms with Crippen molar-refractivity contribution in [1.29, 1.82) is 0 Å². The molecule has 2 heterocycles. The summed E-state index contributed by atoms with van der Waals surface area (Å²) in [4.78, 5) is 34.5. The highest BCUT2D eigenvalue weighted by Gasteiger charge is 2.26. The van der Waals surface area contributed by atoms with Gasteiger partial charge in [-0.2, -0.15) is 0 Å². The third kappa shape index (κ3) is 4.77. The van der Waals surface area contributed by atoms with Crippen LogP contribution >= 0.6 is 0 Å². The van der Waals surface area contributed by atoms with Crippen LogP contribution in [0.4, 0.5) is 10.6 Å². The zero-order valence-electron chi connectivity index (χ0n) is 19.3. The van der Waals surface area contributed by atoms with Crippen molar-refractivity contribution < 1.29 is 4.79 Å². The van der Waals surface area contributed by atoms with E-state index in [4.69, 9.17) is 4.98 Å². The summed E-state index contributed by atoms with van der Waals surface area (Å²) in [6.45, 7) is 10.7. The van der Waals surface area contributed by atoms with Gasteiger partial charge in [-0.3, -0.25) is 9.36 Å². The Morgan fingerprint density at radius 3 is 2.31 bits per heavy atom. The molecule has 2 amide bonds. The predicted octanol–water partition coefficient (Wildman–Crippen LogP) is 3.38. The number of aromatic nitrogens is 2. The van der Waals surface area contributed by atoms with Crippen LogP contribution in [0.15, 0.2) is 53.3 Å². The van der Waals surface area contributed by atoms with Gasteiger partial charge in [-0.15, -0.1) is 0 Å². The maximum Gasteiger partial charge on any atom is 0.317 e. The van der Waals surface area contributed by atoms with Crippen molar-refractivity contribution in [1.82, 2.24) is 19.8 Å². The second-order valence-electron chi connectivity index (χ2n) is 9.46. The van der Waals surface area contributed by atoms with E-state index in [1.54, 1.807) is 9.47 Å². The first-order chi connectivity index (χ1) is 15.2. The fourth-order valence-electron chi connectivity index (χ4n) is 3.94. The van der Waals surface area contributed by atoms with E-state index in [0.717, 1.165) is 16.6 Å². The van der Waals surface area contributed by atoms with Crippen molar-refractivity contribution in [3.8, 4) is 0 Å². The number of nitrogens with one attached hydrogen (secondary N) is 1. The molecule has 1 aromatic heterocycles. The Morgan fingerprint density at radius 1 is 1.00 bits per heavy atom. The van der Waals surface area contributed by atoms with Crippen LogP contribution in [0.1, 0.15) is 31.9 Å². The van der Waals surface area contributed by atoms with Crippen LogP contribution in [-0.2, 0) is 6.54 Å². The number of nitrogens with zero attached hydrogens (tertiary/aromatic N) is 4. The van der Waals surface area contributed by atoms with Gasteiger partial charge in [-0.25, -0.2) is 9.78 Å². The lowest BCUT2D eigenvalue weighted by Gasteiger charge is -2.36. The highest BCUT2D eigenvalue weighted by Crippen LogP contribution is 2.18. The Labute approximate surface area is 188 Å². The lowest BCUT2D eigenvalue weighted by Crippen LogP contribution is -2.56. The van der Waals surface area contributed by atoms with Crippen LogP contribution in [0.3, 0.4) is 0 Å². The molecule has 1 N–H and O–H groups in total. The number of carbonyl (C=O) groups excluding carboxylic acids is 1. The fraction of sp³-hybridized carbons (Fsp3) is 0.400. The monoisotopic (exact) mass is 433 g/mol. The smallest absolute Gasteiger partial charge is 0.317 e. The van der Waals surface area contributed by atoms with Gasteiger partial charge in [-0.05, 0) is 45.4 Å². The van der Waals surface area contributed by atoms with E-state index in [9.17, 15) is 9.59 Å². The summed E-state index contributed by atoms with van der Waals surface area (Å²) in [5.41, 5.74) is 3.50. The number of hydrogen-bond acceptors (Lipinski definition) is 4. The molecule has 1 aliphatic rings. The molecule has 7 nitrogen and oxygen atoms in total. The first-order valence-corrected chi connectivity index (χ1v) is 11.1. The van der Waals surface area contributed by atoms with Crippen LogP contribution < -0.4 is 15.8 Å². The molecule has 1 aliphatic heterocycles. The van der Waals surface area contributed by atoms with E-state index in [1.807, 2.05) is 49.9 Å². The molecule has 2 aromatic carbocycles. The van der Waals surface area contributed by atoms with Gasteiger partial charge in [-0.1, -0.05) is 42.0 Å². The number of carbonyl (C=O) groups is 1. The number of amides is 2. The molecule has 0 unspecified atom stereocenters. The SMILES string of the molecule is Cc1ccc(Cn2c(=O)c(N3CCN(C(=O)NC(C)(C)C)CC3)nc3ccccc32)cc1. The fourth-order valence-corrected chi connectivity index (χ4v) is 3.94. The van der Waals surface area contributed by atoms with E-state index in [1.165, 1.54) is 5.56 Å². The number of aryl methyl sites for hydroxylation is 1. The maximum absolute atomic E-state index is 13.5. The van der Waals surface area contributed by atoms with Gasteiger partial charge in [0.1, 0.15) is 0 Å². The minimum absolute atomic E-state index is 0.0691. The summed E-state index contributed by atoms with van der Waals surface area (Å²) < 4.78 is 1.81. The van der Waals surface area contributed by atoms with Crippen molar-refractivity contribution in [3.63, 3.8) is 0 Å². The van der Waals surface area contributed by atoms with Crippen LogP contribution in [0.5, 0.6) is 0 Å². The minimum Gasteiger partial charge on any atom is -0.348 e. The third-order valence-corrected chi connectivity index (χ3v) is 5.64. The van der Waals surface area contributed by atoms with Crippen molar-refractivity contribution in [2.45, 2.75) is 39.8 Å². The van der Waals surface area contributed by atoms with Gasteiger partial charge in [0.25, 0.3) is 5.56 Å². The number of urea groups is 1. The average molecular weight is 434 g/mol. The molecule has 7 heteroatoms. The molecular formula is C25H31N5O2. The van der Waals surface area contributed by atoms with E-state index >= 15 is 0 Å². The molecule has 0 radical (unpaired) electrons. The largest absolute Gasteiger partial charge is 0.348 e. The third-order valence-electron chi connectivity index (χ3n) is 5.64. The van der Waals surface area contributed by atoms with Crippen LogP contribution in [-0.4, -0.2) is 52.2 Å². The van der Waals surface area contributed by atoms with E-state index in [-0.39, 0.29) is 17.1 Å². The lowest BCUT2D eigenvalue weighted by molar-refractivity contribution is 0.185.